The highest BCUT2D eigenvalue weighted by molar-refractivity contribution is 5.73. The molecule has 0 aliphatic carbocycles. The van der Waals surface area contributed by atoms with Gasteiger partial charge in [-0.25, -0.2) is 0 Å². The van der Waals surface area contributed by atoms with Crippen LogP contribution in [0.4, 0.5) is 0 Å². The molecule has 0 aromatic heterocycles. The van der Waals surface area contributed by atoms with Crippen LogP contribution in [0.2, 0.25) is 0 Å². The molecule has 0 saturated carbocycles. The van der Waals surface area contributed by atoms with Crippen molar-refractivity contribution in [3.8, 4) is 0 Å². The zero-order valence-electron chi connectivity index (χ0n) is 10.1. The summed E-state index contributed by atoms with van der Waals surface area (Å²) in [5.41, 5.74) is -0.0721. The van der Waals surface area contributed by atoms with Gasteiger partial charge in [0.05, 0.1) is 0 Å². The van der Waals surface area contributed by atoms with Gasteiger partial charge in [0.15, 0.2) is 0 Å². The van der Waals surface area contributed by atoms with Gasteiger partial charge in [0, 0.05) is 13.2 Å². The van der Waals surface area contributed by atoms with E-state index >= 15 is 0 Å². The first kappa shape index (κ1) is 14.4. The quantitative estimate of drug-likeness (QED) is 0.597. The summed E-state index contributed by atoms with van der Waals surface area (Å²) < 4.78 is 0. The van der Waals surface area contributed by atoms with Crippen molar-refractivity contribution in [1.82, 2.24) is 5.32 Å². The van der Waals surface area contributed by atoms with Crippen LogP contribution in [0.25, 0.3) is 0 Å². The first-order valence-corrected chi connectivity index (χ1v) is 5.37. The Hall–Kier alpha value is -0.610. The number of aliphatic hydroxyl groups excluding tert-OH is 1. The molecule has 3 N–H and O–H groups in total. The first-order valence-electron chi connectivity index (χ1n) is 5.37. The second kappa shape index (κ2) is 6.08. The zero-order chi connectivity index (χ0) is 12.1. The molecule has 1 atom stereocenters. The molecule has 4 nitrogen and oxygen atoms in total. The van der Waals surface area contributed by atoms with Crippen molar-refractivity contribution in [1.29, 1.82) is 0 Å². The van der Waals surface area contributed by atoms with Crippen LogP contribution in [0.3, 0.4) is 0 Å². The second-order valence-corrected chi connectivity index (χ2v) is 5.08. The monoisotopic (exact) mass is 217 g/mol. The summed E-state index contributed by atoms with van der Waals surface area (Å²) in [7, 11) is 0. The predicted molar refractivity (Wildman–Crippen MR) is 59.7 cm³/mol. The number of aliphatic carboxylic acids is 1. The topological polar surface area (TPSA) is 69.6 Å². The predicted octanol–water partition coefficient (Wildman–Crippen LogP) is 1.09. The van der Waals surface area contributed by atoms with E-state index in [9.17, 15) is 4.79 Å². The van der Waals surface area contributed by atoms with Gasteiger partial charge in [0.1, 0.15) is 6.04 Å². The molecule has 0 aliphatic heterocycles. The average Bonchev–Trinajstić information content (AvgIpc) is 2.01. The lowest BCUT2D eigenvalue weighted by molar-refractivity contribution is -0.140. The summed E-state index contributed by atoms with van der Waals surface area (Å²) in [6, 6.07) is -0.511. The molecular weight excluding hydrogens is 194 g/mol. The maximum atomic E-state index is 10.9. The highest BCUT2D eigenvalue weighted by atomic mass is 16.4. The lowest BCUT2D eigenvalue weighted by atomic mass is 9.89. The summed E-state index contributed by atoms with van der Waals surface area (Å²) in [5, 5.41) is 20.8. The standard InChI is InChI=1S/C11H23NO3/c1-8(2)9(10(14)15)12-7-11(3,4)5-6-13/h8-9,12-13H,5-7H2,1-4H3,(H,14,15). The molecule has 4 heteroatoms. The normalized spacial score (nSPS) is 14.3. The molecule has 0 bridgehead atoms. The molecule has 0 saturated heterocycles. The number of hydrogen-bond donors (Lipinski definition) is 3. The fourth-order valence-corrected chi connectivity index (χ4v) is 1.39. The van der Waals surface area contributed by atoms with E-state index in [-0.39, 0.29) is 17.9 Å². The number of rotatable bonds is 7. The van der Waals surface area contributed by atoms with Crippen molar-refractivity contribution in [2.75, 3.05) is 13.2 Å². The molecule has 0 heterocycles. The Labute approximate surface area is 91.7 Å². The minimum atomic E-state index is -0.815. The second-order valence-electron chi connectivity index (χ2n) is 5.08. The van der Waals surface area contributed by atoms with E-state index in [2.05, 4.69) is 5.32 Å². The first-order chi connectivity index (χ1) is 6.80. The molecule has 90 valence electrons. The fourth-order valence-electron chi connectivity index (χ4n) is 1.39. The number of carbonyl (C=O) groups is 1. The van der Waals surface area contributed by atoms with Crippen molar-refractivity contribution in [2.45, 2.75) is 40.2 Å². The van der Waals surface area contributed by atoms with E-state index in [1.807, 2.05) is 27.7 Å². The van der Waals surface area contributed by atoms with E-state index < -0.39 is 12.0 Å². The highest BCUT2D eigenvalue weighted by Crippen LogP contribution is 2.18. The van der Waals surface area contributed by atoms with Crippen LogP contribution in [-0.2, 0) is 4.79 Å². The lowest BCUT2D eigenvalue weighted by Crippen LogP contribution is -2.45. The molecular formula is C11H23NO3. The molecule has 0 aromatic carbocycles. The van der Waals surface area contributed by atoms with Crippen molar-refractivity contribution in [2.24, 2.45) is 11.3 Å². The smallest absolute Gasteiger partial charge is 0.320 e. The fraction of sp³-hybridized carbons (Fsp3) is 0.909. The summed E-state index contributed by atoms with van der Waals surface area (Å²) >= 11 is 0. The summed E-state index contributed by atoms with van der Waals surface area (Å²) in [4.78, 5) is 10.9. The maximum absolute atomic E-state index is 10.9. The van der Waals surface area contributed by atoms with Crippen molar-refractivity contribution in [3.63, 3.8) is 0 Å². The molecule has 0 amide bonds. The summed E-state index contributed by atoms with van der Waals surface area (Å²) in [5.74, 6) is -0.753. The van der Waals surface area contributed by atoms with E-state index in [4.69, 9.17) is 10.2 Å². The van der Waals surface area contributed by atoms with Crippen LogP contribution < -0.4 is 5.32 Å². The molecule has 0 spiro atoms. The molecule has 0 rings (SSSR count). The SMILES string of the molecule is CC(C)C(NCC(C)(C)CCO)C(=O)O. The van der Waals surface area contributed by atoms with Gasteiger partial charge >= 0.3 is 5.97 Å². The Bertz CT molecular complexity index is 202. The molecule has 15 heavy (non-hydrogen) atoms. The van der Waals surface area contributed by atoms with Gasteiger partial charge in [-0.05, 0) is 17.8 Å². The van der Waals surface area contributed by atoms with E-state index in [1.165, 1.54) is 0 Å². The van der Waals surface area contributed by atoms with Crippen molar-refractivity contribution in [3.05, 3.63) is 0 Å². The minimum Gasteiger partial charge on any atom is -0.480 e. The summed E-state index contributed by atoms with van der Waals surface area (Å²) in [6.07, 6.45) is 0.671. The Morgan fingerprint density at radius 1 is 1.40 bits per heavy atom. The summed E-state index contributed by atoms with van der Waals surface area (Å²) in [6.45, 7) is 8.51. The third kappa shape index (κ3) is 5.74. The third-order valence-corrected chi connectivity index (χ3v) is 2.52. The van der Waals surface area contributed by atoms with E-state index in [0.29, 0.717) is 13.0 Å². The van der Waals surface area contributed by atoms with Gasteiger partial charge in [0.2, 0.25) is 0 Å². The van der Waals surface area contributed by atoms with Crippen LogP contribution in [0.5, 0.6) is 0 Å². The average molecular weight is 217 g/mol. The number of nitrogens with one attached hydrogen (secondary N) is 1. The van der Waals surface area contributed by atoms with Crippen LogP contribution in [-0.4, -0.2) is 35.4 Å². The van der Waals surface area contributed by atoms with Crippen LogP contribution in [0.1, 0.15) is 34.1 Å². The molecule has 1 unspecified atom stereocenters. The number of hydrogen-bond acceptors (Lipinski definition) is 3. The van der Waals surface area contributed by atoms with Crippen LogP contribution >= 0.6 is 0 Å². The lowest BCUT2D eigenvalue weighted by Gasteiger charge is -2.27. The minimum absolute atomic E-state index is 0.0624. The number of carboxylic acids is 1. The maximum Gasteiger partial charge on any atom is 0.320 e. The van der Waals surface area contributed by atoms with Crippen molar-refractivity contribution >= 4 is 5.97 Å². The third-order valence-electron chi connectivity index (χ3n) is 2.52. The van der Waals surface area contributed by atoms with E-state index in [0.717, 1.165) is 0 Å². The zero-order valence-corrected chi connectivity index (χ0v) is 10.1. The number of carboxylic acid groups (broad SMARTS) is 1. The van der Waals surface area contributed by atoms with E-state index in [1.54, 1.807) is 0 Å². The van der Waals surface area contributed by atoms with Crippen LogP contribution in [0.15, 0.2) is 0 Å². The largest absolute Gasteiger partial charge is 0.480 e. The molecule has 0 aliphatic rings. The number of aliphatic hydroxyl groups is 1. The van der Waals surface area contributed by atoms with Gasteiger partial charge in [-0.1, -0.05) is 27.7 Å². The Morgan fingerprint density at radius 2 is 1.93 bits per heavy atom. The van der Waals surface area contributed by atoms with Gasteiger partial charge in [0.25, 0.3) is 0 Å². The Balaban J connectivity index is 4.15. The van der Waals surface area contributed by atoms with Gasteiger partial charge in [-0.15, -0.1) is 0 Å². The van der Waals surface area contributed by atoms with Crippen LogP contribution in [0, 0.1) is 11.3 Å². The van der Waals surface area contributed by atoms with Gasteiger partial charge in [-0.3, -0.25) is 4.79 Å². The van der Waals surface area contributed by atoms with Gasteiger partial charge in [-0.2, -0.15) is 0 Å². The molecule has 0 aromatic rings. The van der Waals surface area contributed by atoms with Gasteiger partial charge < -0.3 is 15.5 Å². The highest BCUT2D eigenvalue weighted by Gasteiger charge is 2.24. The van der Waals surface area contributed by atoms with Crippen molar-refractivity contribution < 1.29 is 15.0 Å². The molecule has 0 fully saturated rings. The molecule has 0 radical (unpaired) electrons. The Morgan fingerprint density at radius 3 is 2.27 bits per heavy atom. The Kier molecular flexibility index (Phi) is 5.83.